The van der Waals surface area contributed by atoms with E-state index in [0.717, 1.165) is 17.2 Å². The van der Waals surface area contributed by atoms with E-state index in [2.05, 4.69) is 11.9 Å². The summed E-state index contributed by atoms with van der Waals surface area (Å²) in [4.78, 5) is 14.5. The van der Waals surface area contributed by atoms with Gasteiger partial charge in [0.25, 0.3) is 5.91 Å². The molecule has 0 radical (unpaired) electrons. The minimum absolute atomic E-state index is 0.0373. The number of aromatic hydroxyl groups is 2. The molecular formula is C19H19ClN2O4. The molecule has 6 nitrogen and oxygen atoms in total. The van der Waals surface area contributed by atoms with E-state index in [0.29, 0.717) is 6.54 Å². The van der Waals surface area contributed by atoms with E-state index in [1.807, 2.05) is 24.3 Å². The zero-order valence-corrected chi connectivity index (χ0v) is 14.6. The summed E-state index contributed by atoms with van der Waals surface area (Å²) < 4.78 is 0. The summed E-state index contributed by atoms with van der Waals surface area (Å²) >= 11 is 5.89. The predicted molar refractivity (Wildman–Crippen MR) is 98.0 cm³/mol. The fraction of sp³-hybridized carbons (Fsp3) is 0.211. The smallest absolute Gasteiger partial charge is 0.258 e. The Labute approximate surface area is 156 Å². The number of hydrogen-bond acceptors (Lipinski definition) is 5. The average Bonchev–Trinajstić information content (AvgIpc) is 3.01. The summed E-state index contributed by atoms with van der Waals surface area (Å²) in [7, 11) is 0. The predicted octanol–water partition coefficient (Wildman–Crippen LogP) is 2.54. The van der Waals surface area contributed by atoms with Crippen LogP contribution in [0.25, 0.3) is 0 Å². The Balaban J connectivity index is 1.98. The van der Waals surface area contributed by atoms with Crippen LogP contribution in [0.4, 0.5) is 0 Å². The van der Waals surface area contributed by atoms with Crippen LogP contribution >= 0.6 is 11.6 Å². The minimum atomic E-state index is -1.02. The molecule has 0 bridgehead atoms. The number of phenols is 2. The summed E-state index contributed by atoms with van der Waals surface area (Å²) in [5.74, 6) is -1.18. The van der Waals surface area contributed by atoms with Crippen LogP contribution in [0.1, 0.15) is 27.5 Å². The second-order valence-corrected chi connectivity index (χ2v) is 6.45. The molecule has 136 valence electrons. The molecule has 1 amide bonds. The lowest BCUT2D eigenvalue weighted by Gasteiger charge is -2.30. The van der Waals surface area contributed by atoms with Crippen molar-refractivity contribution in [3.05, 3.63) is 70.8 Å². The molecule has 1 aliphatic heterocycles. The number of benzene rings is 2. The Morgan fingerprint density at radius 1 is 1.35 bits per heavy atom. The summed E-state index contributed by atoms with van der Waals surface area (Å²) in [6, 6.07) is 9.07. The van der Waals surface area contributed by atoms with E-state index in [1.54, 1.807) is 6.08 Å². The molecule has 2 aromatic rings. The third kappa shape index (κ3) is 3.26. The normalized spacial score (nSPS) is 17.0. The lowest BCUT2D eigenvalue weighted by molar-refractivity contribution is 0.0279. The molecule has 2 atom stereocenters. The highest BCUT2D eigenvalue weighted by atomic mass is 35.5. The van der Waals surface area contributed by atoms with E-state index < -0.39 is 18.2 Å². The lowest BCUT2D eigenvalue weighted by atomic mass is 10.0. The number of rotatable bonds is 5. The fourth-order valence-electron chi connectivity index (χ4n) is 3.15. The molecule has 3 rings (SSSR count). The highest BCUT2D eigenvalue weighted by Crippen LogP contribution is 2.39. The van der Waals surface area contributed by atoms with Crippen LogP contribution in [-0.4, -0.2) is 38.9 Å². The van der Waals surface area contributed by atoms with Crippen LogP contribution in [0.15, 0.2) is 49.1 Å². The van der Waals surface area contributed by atoms with Gasteiger partial charge in [-0.25, -0.2) is 0 Å². The lowest BCUT2D eigenvalue weighted by Crippen LogP contribution is -2.43. The average molecular weight is 375 g/mol. The van der Waals surface area contributed by atoms with Crippen LogP contribution in [-0.2, 0) is 6.54 Å². The molecule has 7 heteroatoms. The monoisotopic (exact) mass is 374 g/mol. The van der Waals surface area contributed by atoms with Crippen molar-refractivity contribution >= 4 is 17.5 Å². The molecular weight excluding hydrogens is 356 g/mol. The van der Waals surface area contributed by atoms with Crippen LogP contribution < -0.4 is 5.32 Å². The highest BCUT2D eigenvalue weighted by molar-refractivity contribution is 6.32. The number of amides is 1. The minimum Gasteiger partial charge on any atom is -0.507 e. The SMILES string of the molecule is C=CCNC(O)C1c2ccccc2CN1C(=O)c1cc(Cl)c(O)cc1O. The molecule has 0 aromatic heterocycles. The van der Waals surface area contributed by atoms with Gasteiger partial charge < -0.3 is 20.2 Å². The highest BCUT2D eigenvalue weighted by Gasteiger charge is 2.39. The van der Waals surface area contributed by atoms with Gasteiger partial charge in [-0.3, -0.25) is 10.1 Å². The maximum absolute atomic E-state index is 13.1. The van der Waals surface area contributed by atoms with Gasteiger partial charge in [-0.05, 0) is 17.2 Å². The Morgan fingerprint density at radius 3 is 2.81 bits per heavy atom. The number of aliphatic hydroxyl groups is 1. The van der Waals surface area contributed by atoms with E-state index in [-0.39, 0.29) is 28.6 Å². The molecule has 1 aliphatic rings. The van der Waals surface area contributed by atoms with Gasteiger partial charge in [0.2, 0.25) is 0 Å². The van der Waals surface area contributed by atoms with Crippen LogP contribution in [0.2, 0.25) is 5.02 Å². The molecule has 4 N–H and O–H groups in total. The van der Waals surface area contributed by atoms with E-state index in [9.17, 15) is 20.1 Å². The molecule has 0 spiro atoms. The van der Waals surface area contributed by atoms with Crippen molar-refractivity contribution in [3.63, 3.8) is 0 Å². The number of aliphatic hydroxyl groups excluding tert-OH is 1. The number of fused-ring (bicyclic) bond motifs is 1. The van der Waals surface area contributed by atoms with E-state index in [1.165, 1.54) is 11.0 Å². The molecule has 0 saturated carbocycles. The largest absolute Gasteiger partial charge is 0.507 e. The van der Waals surface area contributed by atoms with Gasteiger partial charge in [0.05, 0.1) is 16.6 Å². The maximum Gasteiger partial charge on any atom is 0.258 e. The molecule has 1 heterocycles. The van der Waals surface area contributed by atoms with Crippen molar-refractivity contribution in [2.45, 2.75) is 18.8 Å². The summed E-state index contributed by atoms with van der Waals surface area (Å²) in [6.45, 7) is 4.26. The summed E-state index contributed by atoms with van der Waals surface area (Å²) in [5.41, 5.74) is 1.70. The first-order chi connectivity index (χ1) is 12.4. The fourth-order valence-corrected chi connectivity index (χ4v) is 3.31. The van der Waals surface area contributed by atoms with Crippen molar-refractivity contribution in [3.8, 4) is 11.5 Å². The van der Waals surface area contributed by atoms with Crippen molar-refractivity contribution in [2.75, 3.05) is 6.54 Å². The first kappa shape index (κ1) is 18.3. The van der Waals surface area contributed by atoms with Gasteiger partial charge in [-0.1, -0.05) is 41.9 Å². The quantitative estimate of drug-likeness (QED) is 0.477. The van der Waals surface area contributed by atoms with Crippen LogP contribution in [0, 0.1) is 0 Å². The van der Waals surface area contributed by atoms with Crippen LogP contribution in [0.3, 0.4) is 0 Å². The van der Waals surface area contributed by atoms with E-state index in [4.69, 9.17) is 11.6 Å². The van der Waals surface area contributed by atoms with Crippen molar-refractivity contribution in [2.24, 2.45) is 0 Å². The standard InChI is InChI=1S/C19H19ClN2O4/c1-2-7-21-18(25)17-12-6-4-3-5-11(12)10-22(17)19(26)13-8-14(20)16(24)9-15(13)23/h2-6,8-9,17-18,21,23-25H,1,7,10H2. The zero-order chi connectivity index (χ0) is 18.8. The van der Waals surface area contributed by atoms with Crippen molar-refractivity contribution in [1.29, 1.82) is 0 Å². The maximum atomic E-state index is 13.1. The van der Waals surface area contributed by atoms with Crippen molar-refractivity contribution < 1.29 is 20.1 Å². The topological polar surface area (TPSA) is 93.0 Å². The Bertz CT molecular complexity index is 855. The van der Waals surface area contributed by atoms with Gasteiger partial charge in [0.15, 0.2) is 0 Å². The van der Waals surface area contributed by atoms with Crippen LogP contribution in [0.5, 0.6) is 11.5 Å². The van der Waals surface area contributed by atoms with Gasteiger partial charge in [0, 0.05) is 19.2 Å². The van der Waals surface area contributed by atoms with E-state index >= 15 is 0 Å². The number of nitrogens with zero attached hydrogens (tertiary/aromatic N) is 1. The van der Waals surface area contributed by atoms with Gasteiger partial charge in [0.1, 0.15) is 17.7 Å². The second-order valence-electron chi connectivity index (χ2n) is 6.04. The van der Waals surface area contributed by atoms with Gasteiger partial charge >= 0.3 is 0 Å². The molecule has 2 aromatic carbocycles. The number of halogens is 1. The third-order valence-electron chi connectivity index (χ3n) is 4.38. The number of phenolic OH excluding ortho intramolecular Hbond substituents is 2. The van der Waals surface area contributed by atoms with Crippen molar-refractivity contribution in [1.82, 2.24) is 10.2 Å². The van der Waals surface area contributed by atoms with Gasteiger partial charge in [-0.2, -0.15) is 0 Å². The molecule has 0 saturated heterocycles. The zero-order valence-electron chi connectivity index (χ0n) is 13.9. The second kappa shape index (κ2) is 7.37. The summed E-state index contributed by atoms with van der Waals surface area (Å²) in [5, 5.41) is 33.1. The third-order valence-corrected chi connectivity index (χ3v) is 4.68. The molecule has 0 fully saturated rings. The Morgan fingerprint density at radius 2 is 2.08 bits per heavy atom. The molecule has 0 aliphatic carbocycles. The first-order valence-electron chi connectivity index (χ1n) is 8.06. The first-order valence-corrected chi connectivity index (χ1v) is 8.44. The molecule has 2 unspecified atom stereocenters. The number of hydrogen-bond donors (Lipinski definition) is 4. The number of nitrogens with one attached hydrogen (secondary N) is 1. The Hall–Kier alpha value is -2.54. The number of carbonyl (C=O) groups is 1. The molecule has 26 heavy (non-hydrogen) atoms. The summed E-state index contributed by atoms with van der Waals surface area (Å²) in [6.07, 6.45) is 0.595. The van der Waals surface area contributed by atoms with Gasteiger partial charge in [-0.15, -0.1) is 6.58 Å². The number of carbonyl (C=O) groups excluding carboxylic acids is 1. The Kier molecular flexibility index (Phi) is 5.18.